The number of hydrogen-bond acceptors (Lipinski definition) is 2. The van der Waals surface area contributed by atoms with E-state index in [2.05, 4.69) is 0 Å². The first kappa shape index (κ1) is 11.0. The first-order valence-electron chi connectivity index (χ1n) is 5.48. The number of carboxylic acid groups (broad SMARTS) is 1. The first-order valence-corrected chi connectivity index (χ1v) is 5.48. The Balaban J connectivity index is 2.39. The summed E-state index contributed by atoms with van der Waals surface area (Å²) in [6.07, 6.45) is 0.305. The van der Waals surface area contributed by atoms with Gasteiger partial charge in [-0.1, -0.05) is 6.07 Å². The molecule has 0 aromatic heterocycles. The van der Waals surface area contributed by atoms with E-state index in [1.54, 1.807) is 0 Å². The maximum Gasteiger partial charge on any atom is 0.310 e. The lowest BCUT2D eigenvalue weighted by Crippen LogP contribution is -2.35. The third-order valence-electron chi connectivity index (χ3n) is 3.31. The van der Waals surface area contributed by atoms with Crippen molar-refractivity contribution in [2.75, 3.05) is 0 Å². The van der Waals surface area contributed by atoms with Gasteiger partial charge >= 0.3 is 5.97 Å². The Morgan fingerprint density at radius 2 is 2.00 bits per heavy atom. The SMILES string of the molecule is Cc1cc2c(cc1C)OC(C)C(C(=O)O)C2. The van der Waals surface area contributed by atoms with Crippen LogP contribution in [0.5, 0.6) is 5.75 Å². The van der Waals surface area contributed by atoms with Crippen molar-refractivity contribution >= 4 is 5.97 Å². The molecule has 0 aliphatic carbocycles. The van der Waals surface area contributed by atoms with Gasteiger partial charge < -0.3 is 9.84 Å². The number of carbonyl (C=O) groups is 1. The molecular formula is C13H16O3. The smallest absolute Gasteiger partial charge is 0.310 e. The van der Waals surface area contributed by atoms with Gasteiger partial charge in [0.1, 0.15) is 11.9 Å². The maximum atomic E-state index is 11.0. The zero-order chi connectivity index (χ0) is 11.9. The molecule has 86 valence electrons. The minimum absolute atomic E-state index is 0.257. The number of aryl methyl sites for hydroxylation is 2. The lowest BCUT2D eigenvalue weighted by atomic mass is 9.90. The van der Waals surface area contributed by atoms with Gasteiger partial charge in [0, 0.05) is 0 Å². The van der Waals surface area contributed by atoms with Crippen LogP contribution in [0, 0.1) is 19.8 Å². The van der Waals surface area contributed by atoms with Crippen molar-refractivity contribution in [2.45, 2.75) is 33.3 Å². The van der Waals surface area contributed by atoms with E-state index in [4.69, 9.17) is 9.84 Å². The molecule has 1 aliphatic heterocycles. The highest BCUT2D eigenvalue weighted by Gasteiger charge is 2.32. The van der Waals surface area contributed by atoms with Crippen molar-refractivity contribution in [3.63, 3.8) is 0 Å². The summed E-state index contributed by atoms with van der Waals surface area (Å²) >= 11 is 0. The van der Waals surface area contributed by atoms with E-state index < -0.39 is 11.9 Å². The van der Waals surface area contributed by atoms with Crippen LogP contribution in [-0.2, 0) is 11.2 Å². The van der Waals surface area contributed by atoms with E-state index in [9.17, 15) is 4.79 Å². The average molecular weight is 220 g/mol. The number of benzene rings is 1. The lowest BCUT2D eigenvalue weighted by Gasteiger charge is -2.29. The van der Waals surface area contributed by atoms with Crippen LogP contribution >= 0.6 is 0 Å². The molecule has 1 heterocycles. The molecule has 0 bridgehead atoms. The normalized spacial score (nSPS) is 23.4. The first-order chi connectivity index (χ1) is 7.49. The molecule has 2 atom stereocenters. The maximum absolute atomic E-state index is 11.0. The van der Waals surface area contributed by atoms with Gasteiger partial charge in [0.15, 0.2) is 0 Å². The van der Waals surface area contributed by atoms with Crippen molar-refractivity contribution in [3.05, 3.63) is 28.8 Å². The monoisotopic (exact) mass is 220 g/mol. The quantitative estimate of drug-likeness (QED) is 0.790. The van der Waals surface area contributed by atoms with Gasteiger partial charge in [-0.15, -0.1) is 0 Å². The van der Waals surface area contributed by atoms with E-state index >= 15 is 0 Å². The molecule has 2 rings (SSSR count). The molecule has 0 spiro atoms. The summed E-state index contributed by atoms with van der Waals surface area (Å²) in [6.45, 7) is 5.88. The highest BCUT2D eigenvalue weighted by molar-refractivity contribution is 5.72. The second kappa shape index (κ2) is 3.81. The third-order valence-corrected chi connectivity index (χ3v) is 3.31. The number of hydrogen-bond donors (Lipinski definition) is 1. The molecule has 16 heavy (non-hydrogen) atoms. The summed E-state index contributed by atoms with van der Waals surface area (Å²) in [7, 11) is 0. The summed E-state index contributed by atoms with van der Waals surface area (Å²) in [5, 5.41) is 9.08. The highest BCUT2D eigenvalue weighted by atomic mass is 16.5. The van der Waals surface area contributed by atoms with Crippen molar-refractivity contribution in [3.8, 4) is 5.75 Å². The van der Waals surface area contributed by atoms with E-state index in [0.717, 1.165) is 11.3 Å². The fourth-order valence-corrected chi connectivity index (χ4v) is 2.09. The predicted octanol–water partition coefficient (Wildman–Crippen LogP) is 2.33. The average Bonchev–Trinajstić information content (AvgIpc) is 2.19. The minimum Gasteiger partial charge on any atom is -0.490 e. The van der Waals surface area contributed by atoms with Crippen molar-refractivity contribution in [2.24, 2.45) is 5.92 Å². The molecule has 0 fully saturated rings. The standard InChI is InChI=1S/C13H16O3/c1-7-4-10-6-11(13(14)15)9(3)16-12(10)5-8(7)2/h4-5,9,11H,6H2,1-3H3,(H,14,15). The Bertz CT molecular complexity index is 437. The van der Waals surface area contributed by atoms with Crippen LogP contribution in [0.2, 0.25) is 0 Å². The fraction of sp³-hybridized carbons (Fsp3) is 0.462. The summed E-state index contributed by atoms with van der Waals surface area (Å²) in [4.78, 5) is 11.0. The Labute approximate surface area is 95.0 Å². The Kier molecular flexibility index (Phi) is 2.62. The van der Waals surface area contributed by atoms with Crippen LogP contribution in [-0.4, -0.2) is 17.2 Å². The Hall–Kier alpha value is -1.51. The van der Waals surface area contributed by atoms with Gasteiger partial charge in [-0.25, -0.2) is 0 Å². The number of ether oxygens (including phenoxy) is 1. The number of rotatable bonds is 1. The lowest BCUT2D eigenvalue weighted by molar-refractivity contribution is -0.145. The minimum atomic E-state index is -0.781. The van der Waals surface area contributed by atoms with Gasteiger partial charge in [0.2, 0.25) is 0 Å². The molecule has 1 aromatic rings. The molecule has 0 amide bonds. The van der Waals surface area contributed by atoms with E-state index in [0.29, 0.717) is 6.42 Å². The second-order valence-corrected chi connectivity index (χ2v) is 4.52. The van der Waals surface area contributed by atoms with E-state index in [1.807, 2.05) is 32.9 Å². The summed E-state index contributed by atoms with van der Waals surface area (Å²) in [5.41, 5.74) is 3.37. The molecule has 0 radical (unpaired) electrons. The van der Waals surface area contributed by atoms with Crippen LogP contribution in [0.1, 0.15) is 23.6 Å². The van der Waals surface area contributed by atoms with Crippen LogP contribution in [0.4, 0.5) is 0 Å². The van der Waals surface area contributed by atoms with Crippen molar-refractivity contribution in [1.82, 2.24) is 0 Å². The van der Waals surface area contributed by atoms with Gasteiger partial charge in [0.05, 0.1) is 5.92 Å². The van der Waals surface area contributed by atoms with Crippen molar-refractivity contribution < 1.29 is 14.6 Å². The zero-order valence-corrected chi connectivity index (χ0v) is 9.78. The fourth-order valence-electron chi connectivity index (χ4n) is 2.09. The molecule has 3 heteroatoms. The van der Waals surface area contributed by atoms with Crippen molar-refractivity contribution in [1.29, 1.82) is 0 Å². The summed E-state index contributed by atoms with van der Waals surface area (Å²) in [6, 6.07) is 4.03. The molecule has 1 N–H and O–H groups in total. The molecule has 1 aliphatic rings. The molecule has 3 nitrogen and oxygen atoms in total. The van der Waals surface area contributed by atoms with Gasteiger partial charge in [0.25, 0.3) is 0 Å². The largest absolute Gasteiger partial charge is 0.490 e. The van der Waals surface area contributed by atoms with Crippen LogP contribution in [0.25, 0.3) is 0 Å². The Morgan fingerprint density at radius 1 is 1.38 bits per heavy atom. The number of aliphatic carboxylic acids is 1. The topological polar surface area (TPSA) is 46.5 Å². The molecule has 1 aromatic carbocycles. The van der Waals surface area contributed by atoms with Gasteiger partial charge in [-0.2, -0.15) is 0 Å². The third kappa shape index (κ3) is 1.77. The van der Waals surface area contributed by atoms with Crippen LogP contribution in [0.15, 0.2) is 12.1 Å². The molecule has 0 saturated carbocycles. The molecule has 2 unspecified atom stereocenters. The predicted molar refractivity (Wildman–Crippen MR) is 60.8 cm³/mol. The molecule has 0 saturated heterocycles. The zero-order valence-electron chi connectivity index (χ0n) is 9.78. The van der Waals surface area contributed by atoms with Gasteiger partial charge in [-0.3, -0.25) is 4.79 Å². The van der Waals surface area contributed by atoms with Crippen LogP contribution < -0.4 is 4.74 Å². The summed E-state index contributed by atoms with van der Waals surface area (Å²) in [5.74, 6) is -0.376. The highest BCUT2D eigenvalue weighted by Crippen LogP contribution is 2.33. The van der Waals surface area contributed by atoms with E-state index in [1.165, 1.54) is 11.1 Å². The summed E-state index contributed by atoms with van der Waals surface area (Å²) < 4.78 is 5.66. The number of carboxylic acids is 1. The van der Waals surface area contributed by atoms with Crippen LogP contribution in [0.3, 0.4) is 0 Å². The molecular weight excluding hydrogens is 204 g/mol. The van der Waals surface area contributed by atoms with Gasteiger partial charge in [-0.05, 0) is 49.9 Å². The Morgan fingerprint density at radius 3 is 2.62 bits per heavy atom. The van der Waals surface area contributed by atoms with E-state index in [-0.39, 0.29) is 6.10 Å². The number of fused-ring (bicyclic) bond motifs is 1. The second-order valence-electron chi connectivity index (χ2n) is 4.52.